The van der Waals surface area contributed by atoms with Crippen LogP contribution in [0.3, 0.4) is 0 Å². The molecule has 0 aliphatic carbocycles. The summed E-state index contributed by atoms with van der Waals surface area (Å²) in [5, 5.41) is 8.88. The number of hydrogen-bond acceptors (Lipinski definition) is 3. The summed E-state index contributed by atoms with van der Waals surface area (Å²) in [6.45, 7) is 2.45. The lowest BCUT2D eigenvalue weighted by Gasteiger charge is -2.19. The Labute approximate surface area is 114 Å². The minimum atomic E-state index is -0.532. The predicted octanol–water partition coefficient (Wildman–Crippen LogP) is 2.25. The van der Waals surface area contributed by atoms with Gasteiger partial charge in [0.15, 0.2) is 0 Å². The zero-order valence-corrected chi connectivity index (χ0v) is 11.7. The zero-order chi connectivity index (χ0) is 14.3. The summed E-state index contributed by atoms with van der Waals surface area (Å²) >= 11 is 0. The SMILES string of the molecule is CCC(C#N)C(=O)N(C)CCc1cccc(OC)c1. The van der Waals surface area contributed by atoms with Gasteiger partial charge in [0.2, 0.25) is 5.91 Å². The Morgan fingerprint density at radius 2 is 2.26 bits per heavy atom. The third-order valence-electron chi connectivity index (χ3n) is 3.11. The van der Waals surface area contributed by atoms with Gasteiger partial charge in [-0.2, -0.15) is 5.26 Å². The van der Waals surface area contributed by atoms with Crippen molar-refractivity contribution in [3.63, 3.8) is 0 Å². The van der Waals surface area contributed by atoms with Crippen LogP contribution in [0.5, 0.6) is 5.75 Å². The Bertz CT molecular complexity index is 465. The largest absolute Gasteiger partial charge is 0.497 e. The Balaban J connectivity index is 2.56. The molecule has 0 aromatic heterocycles. The second-order valence-corrected chi connectivity index (χ2v) is 4.45. The molecule has 1 aromatic carbocycles. The van der Waals surface area contributed by atoms with E-state index in [-0.39, 0.29) is 5.91 Å². The van der Waals surface area contributed by atoms with Crippen LogP contribution in [0, 0.1) is 17.2 Å². The zero-order valence-electron chi connectivity index (χ0n) is 11.7. The molecule has 0 fully saturated rings. The van der Waals surface area contributed by atoms with E-state index >= 15 is 0 Å². The van der Waals surface area contributed by atoms with Gasteiger partial charge >= 0.3 is 0 Å². The van der Waals surface area contributed by atoms with Crippen molar-refractivity contribution >= 4 is 5.91 Å². The van der Waals surface area contributed by atoms with Crippen molar-refractivity contribution < 1.29 is 9.53 Å². The average molecular weight is 260 g/mol. The van der Waals surface area contributed by atoms with E-state index in [0.717, 1.165) is 17.7 Å². The second kappa shape index (κ2) is 7.42. The van der Waals surface area contributed by atoms with Crippen molar-refractivity contribution in [3.05, 3.63) is 29.8 Å². The maximum absolute atomic E-state index is 11.9. The van der Waals surface area contributed by atoms with Gasteiger partial charge in [0.25, 0.3) is 0 Å². The molecule has 0 N–H and O–H groups in total. The van der Waals surface area contributed by atoms with Crippen molar-refractivity contribution in [2.45, 2.75) is 19.8 Å². The first-order chi connectivity index (χ1) is 9.12. The molecule has 0 radical (unpaired) electrons. The number of hydrogen-bond donors (Lipinski definition) is 0. The molecule has 0 spiro atoms. The van der Waals surface area contributed by atoms with Crippen molar-refractivity contribution in [3.8, 4) is 11.8 Å². The van der Waals surface area contributed by atoms with Crippen molar-refractivity contribution in [1.29, 1.82) is 5.26 Å². The highest BCUT2D eigenvalue weighted by Gasteiger charge is 2.19. The van der Waals surface area contributed by atoms with E-state index in [1.54, 1.807) is 19.1 Å². The molecule has 0 aliphatic heterocycles. The Kier molecular flexibility index (Phi) is 5.87. The van der Waals surface area contributed by atoms with Gasteiger partial charge in [0, 0.05) is 13.6 Å². The number of benzene rings is 1. The molecule has 1 atom stereocenters. The quantitative estimate of drug-likeness (QED) is 0.788. The number of ether oxygens (including phenoxy) is 1. The Morgan fingerprint density at radius 1 is 1.53 bits per heavy atom. The molecular formula is C15H20N2O2. The summed E-state index contributed by atoms with van der Waals surface area (Å²) in [6.07, 6.45) is 1.31. The first-order valence-corrected chi connectivity index (χ1v) is 6.39. The molecule has 102 valence electrons. The molecule has 1 rings (SSSR count). The summed E-state index contributed by atoms with van der Waals surface area (Å²) in [5.41, 5.74) is 1.11. The van der Waals surface area contributed by atoms with Gasteiger partial charge < -0.3 is 9.64 Å². The Morgan fingerprint density at radius 3 is 2.84 bits per heavy atom. The van der Waals surface area contributed by atoms with E-state index in [2.05, 4.69) is 0 Å². The van der Waals surface area contributed by atoms with Crippen molar-refractivity contribution in [1.82, 2.24) is 4.90 Å². The van der Waals surface area contributed by atoms with Gasteiger partial charge in [-0.3, -0.25) is 4.79 Å². The lowest BCUT2D eigenvalue weighted by atomic mass is 10.1. The van der Waals surface area contributed by atoms with E-state index in [1.807, 2.05) is 37.3 Å². The van der Waals surface area contributed by atoms with Gasteiger partial charge in [-0.15, -0.1) is 0 Å². The fraction of sp³-hybridized carbons (Fsp3) is 0.467. The number of rotatable bonds is 6. The standard InChI is InChI=1S/C15H20N2O2/c1-4-13(11-16)15(18)17(2)9-8-12-6-5-7-14(10-12)19-3/h5-7,10,13H,4,8-9H2,1-3H3. The van der Waals surface area contributed by atoms with E-state index < -0.39 is 5.92 Å². The molecule has 0 bridgehead atoms. The van der Waals surface area contributed by atoms with Crippen LogP contribution in [-0.4, -0.2) is 31.5 Å². The molecule has 1 aromatic rings. The summed E-state index contributed by atoms with van der Waals surface area (Å²) in [7, 11) is 3.37. The van der Waals surface area contributed by atoms with E-state index in [4.69, 9.17) is 10.00 Å². The third kappa shape index (κ3) is 4.29. The molecule has 0 aliphatic rings. The molecule has 1 unspecified atom stereocenters. The summed E-state index contributed by atoms with van der Waals surface area (Å²) in [4.78, 5) is 13.6. The molecule has 0 heterocycles. The fourth-order valence-electron chi connectivity index (χ4n) is 1.82. The van der Waals surface area contributed by atoms with Crippen LogP contribution < -0.4 is 4.74 Å². The number of nitriles is 1. The topological polar surface area (TPSA) is 53.3 Å². The van der Waals surface area contributed by atoms with Crippen LogP contribution in [0.25, 0.3) is 0 Å². The highest BCUT2D eigenvalue weighted by atomic mass is 16.5. The first-order valence-electron chi connectivity index (χ1n) is 6.39. The van der Waals surface area contributed by atoms with Gasteiger partial charge in [-0.1, -0.05) is 19.1 Å². The van der Waals surface area contributed by atoms with Gasteiger partial charge in [-0.05, 0) is 30.5 Å². The predicted molar refractivity (Wildman–Crippen MR) is 73.7 cm³/mol. The maximum atomic E-state index is 11.9. The van der Waals surface area contributed by atoms with Crippen LogP contribution in [-0.2, 0) is 11.2 Å². The first kappa shape index (κ1) is 15.0. The summed E-state index contributed by atoms with van der Waals surface area (Å²) in [6, 6.07) is 9.82. The smallest absolute Gasteiger partial charge is 0.239 e. The molecule has 0 saturated heterocycles. The number of carbonyl (C=O) groups is 1. The van der Waals surface area contributed by atoms with Crippen LogP contribution in [0.4, 0.5) is 0 Å². The fourth-order valence-corrected chi connectivity index (χ4v) is 1.82. The summed E-state index contributed by atoms with van der Waals surface area (Å²) < 4.78 is 5.16. The van der Waals surface area contributed by atoms with Crippen molar-refractivity contribution in [2.24, 2.45) is 5.92 Å². The maximum Gasteiger partial charge on any atom is 0.239 e. The number of carbonyl (C=O) groups excluding carboxylic acids is 1. The normalized spacial score (nSPS) is 11.5. The number of methoxy groups -OCH3 is 1. The second-order valence-electron chi connectivity index (χ2n) is 4.45. The van der Waals surface area contributed by atoms with Crippen LogP contribution in [0.2, 0.25) is 0 Å². The lowest BCUT2D eigenvalue weighted by Crippen LogP contribution is -2.33. The molecule has 4 heteroatoms. The van der Waals surface area contributed by atoms with Gasteiger partial charge in [-0.25, -0.2) is 0 Å². The lowest BCUT2D eigenvalue weighted by molar-refractivity contribution is -0.132. The minimum Gasteiger partial charge on any atom is -0.497 e. The van der Waals surface area contributed by atoms with Gasteiger partial charge in [0.1, 0.15) is 11.7 Å². The van der Waals surface area contributed by atoms with Crippen LogP contribution >= 0.6 is 0 Å². The van der Waals surface area contributed by atoms with E-state index in [9.17, 15) is 4.79 Å². The molecular weight excluding hydrogens is 240 g/mol. The highest BCUT2D eigenvalue weighted by Crippen LogP contribution is 2.13. The molecule has 1 amide bonds. The summed E-state index contributed by atoms with van der Waals surface area (Å²) in [5.74, 6) is 0.179. The van der Waals surface area contributed by atoms with Crippen LogP contribution in [0.15, 0.2) is 24.3 Å². The number of amides is 1. The number of likely N-dealkylation sites (N-methyl/N-ethyl adjacent to an activating group) is 1. The average Bonchev–Trinajstić information content (AvgIpc) is 2.46. The molecule has 0 saturated carbocycles. The Hall–Kier alpha value is -2.02. The molecule has 19 heavy (non-hydrogen) atoms. The van der Waals surface area contributed by atoms with E-state index in [1.165, 1.54) is 0 Å². The molecule has 4 nitrogen and oxygen atoms in total. The van der Waals surface area contributed by atoms with Gasteiger partial charge in [0.05, 0.1) is 13.2 Å². The van der Waals surface area contributed by atoms with Crippen molar-refractivity contribution in [2.75, 3.05) is 20.7 Å². The van der Waals surface area contributed by atoms with E-state index in [0.29, 0.717) is 13.0 Å². The highest BCUT2D eigenvalue weighted by molar-refractivity contribution is 5.80. The van der Waals surface area contributed by atoms with Crippen LogP contribution in [0.1, 0.15) is 18.9 Å². The minimum absolute atomic E-state index is 0.104. The monoisotopic (exact) mass is 260 g/mol. The third-order valence-corrected chi connectivity index (χ3v) is 3.11. The number of nitrogens with zero attached hydrogens (tertiary/aromatic N) is 2.